The maximum atomic E-state index is 10.2. The van der Waals surface area contributed by atoms with Crippen LogP contribution in [-0.2, 0) is 23.4 Å². The Bertz CT molecular complexity index is 71.5. The molecule has 1 N–H and O–H groups in total. The second-order valence-electron chi connectivity index (χ2n) is 1.20. The molecule has 0 bridgehead atoms. The van der Waals surface area contributed by atoms with Crippen LogP contribution in [0.4, 0.5) is 0 Å². The van der Waals surface area contributed by atoms with Gasteiger partial charge in [-0.15, -0.1) is 6.42 Å². The number of carbonyl (C=O) groups is 1. The Morgan fingerprint density at radius 3 is 2.10 bits per heavy atom. The van der Waals surface area contributed by atoms with Crippen LogP contribution >= 0.6 is 0 Å². The number of amides is 1. The smallest absolute Gasteiger partial charge is 0.189 e. The molecule has 0 aliphatic rings. The van der Waals surface area contributed by atoms with Crippen molar-refractivity contribution in [2.75, 3.05) is 6.54 Å². The number of hydrogen-bond acceptors (Lipinski definition) is 1. The van der Waals surface area contributed by atoms with E-state index in [-0.39, 0.29) is 25.9 Å². The minimum absolute atomic E-state index is 0. The maximum absolute atomic E-state index is 10.2. The fraction of sp³-hybridized carbons (Fsp3) is 0.714. The van der Waals surface area contributed by atoms with Gasteiger partial charge in [-0.1, -0.05) is 13.8 Å². The van der Waals surface area contributed by atoms with Crippen LogP contribution in [0.5, 0.6) is 0 Å². The first-order chi connectivity index (χ1) is 4.31. The van der Waals surface area contributed by atoms with Gasteiger partial charge < -0.3 is 12.2 Å². The van der Waals surface area contributed by atoms with E-state index in [1.165, 1.54) is 0 Å². The molecule has 0 aromatic rings. The van der Waals surface area contributed by atoms with E-state index in [2.05, 4.69) is 12.2 Å². The Labute approximate surface area is 77.1 Å². The second-order valence-corrected chi connectivity index (χ2v) is 1.20. The van der Waals surface area contributed by atoms with E-state index in [4.69, 9.17) is 0 Å². The van der Waals surface area contributed by atoms with Crippen molar-refractivity contribution in [3.63, 3.8) is 0 Å². The summed E-state index contributed by atoms with van der Waals surface area (Å²) >= 11 is 0. The molecule has 0 aromatic heterocycles. The van der Waals surface area contributed by atoms with E-state index >= 15 is 0 Å². The standard InChI is InChI=1S/C5H10NO.C2H6.V.H2/c1-3-5(7)6-4-2;1-2;;/h1,3-4H2,2H3,(H,6,7);1-2H3;;1H/q-1;;;. The molecule has 63 valence electrons. The summed E-state index contributed by atoms with van der Waals surface area (Å²) in [5.74, 6) is 0.0162. The maximum Gasteiger partial charge on any atom is 0.189 e. The first-order valence-corrected chi connectivity index (χ1v) is 3.37. The molecule has 0 aliphatic carbocycles. The van der Waals surface area contributed by atoms with Gasteiger partial charge in [0.15, 0.2) is 5.91 Å². The molecule has 0 saturated heterocycles. The van der Waals surface area contributed by atoms with E-state index < -0.39 is 0 Å². The molecule has 0 fully saturated rings. The SMILES string of the molecule is CC.[CH2-]CC(=O)NCC.[HH].[V]. The number of carbonyl (C=O) groups excluding carboxylic acids is 1. The average Bonchev–Trinajstić information content (AvgIpc) is 1.93. The van der Waals surface area contributed by atoms with Gasteiger partial charge >= 0.3 is 0 Å². The van der Waals surface area contributed by atoms with Crippen LogP contribution in [0.2, 0.25) is 0 Å². The molecule has 0 saturated carbocycles. The van der Waals surface area contributed by atoms with Crippen molar-refractivity contribution in [3.05, 3.63) is 6.92 Å². The molecule has 0 spiro atoms. The molecule has 0 heterocycles. The van der Waals surface area contributed by atoms with Crippen LogP contribution < -0.4 is 5.32 Å². The summed E-state index contributed by atoms with van der Waals surface area (Å²) in [6.45, 7) is 9.98. The molecule has 1 radical (unpaired) electrons. The zero-order valence-electron chi connectivity index (χ0n) is 6.98. The molecule has 10 heavy (non-hydrogen) atoms. The minimum atomic E-state index is 0. The molecule has 0 aromatic carbocycles. The zero-order chi connectivity index (χ0) is 7.70. The molecule has 3 heteroatoms. The Morgan fingerprint density at radius 2 is 2.00 bits per heavy atom. The quantitative estimate of drug-likeness (QED) is 0.647. The van der Waals surface area contributed by atoms with Gasteiger partial charge in [-0.3, -0.25) is 4.79 Å². The number of rotatable bonds is 2. The van der Waals surface area contributed by atoms with Gasteiger partial charge in [0, 0.05) is 26.5 Å². The predicted octanol–water partition coefficient (Wildman–Crippen LogP) is 1.62. The van der Waals surface area contributed by atoms with Gasteiger partial charge in [0.1, 0.15) is 0 Å². The minimum Gasteiger partial charge on any atom is -0.359 e. The van der Waals surface area contributed by atoms with E-state index in [9.17, 15) is 4.79 Å². The molecule has 2 nitrogen and oxygen atoms in total. The average molecular weight is 183 g/mol. The van der Waals surface area contributed by atoms with E-state index in [1.807, 2.05) is 20.8 Å². The first kappa shape index (κ1) is 16.6. The van der Waals surface area contributed by atoms with Crippen LogP contribution in [0.1, 0.15) is 28.6 Å². The van der Waals surface area contributed by atoms with Gasteiger partial charge in [-0.25, -0.2) is 0 Å². The summed E-state index contributed by atoms with van der Waals surface area (Å²) < 4.78 is 0. The summed E-state index contributed by atoms with van der Waals surface area (Å²) in [6, 6.07) is 0. The Hall–Kier alpha value is 0.0544. The summed E-state index contributed by atoms with van der Waals surface area (Å²) in [5, 5.41) is 2.59. The number of hydrogen-bond donors (Lipinski definition) is 1. The molecule has 0 unspecified atom stereocenters. The summed E-state index contributed by atoms with van der Waals surface area (Å²) in [4.78, 5) is 10.2. The topological polar surface area (TPSA) is 29.1 Å². The van der Waals surface area contributed by atoms with Crippen molar-refractivity contribution in [1.29, 1.82) is 0 Å². The van der Waals surface area contributed by atoms with Crippen molar-refractivity contribution in [1.82, 2.24) is 5.32 Å². The summed E-state index contributed by atoms with van der Waals surface area (Å²) in [6.07, 6.45) is 0.341. The van der Waals surface area contributed by atoms with Gasteiger partial charge in [0.05, 0.1) is 0 Å². The normalized spacial score (nSPS) is 6.40. The van der Waals surface area contributed by atoms with Crippen molar-refractivity contribution in [2.45, 2.75) is 27.2 Å². The predicted molar refractivity (Wildman–Crippen MR) is 42.1 cm³/mol. The van der Waals surface area contributed by atoms with Crippen LogP contribution in [0, 0.1) is 6.92 Å². The fourth-order valence-electron chi connectivity index (χ4n) is 0.286. The fourth-order valence-corrected chi connectivity index (χ4v) is 0.286. The number of nitrogens with one attached hydrogen (secondary N) is 1. The van der Waals surface area contributed by atoms with Crippen molar-refractivity contribution < 1.29 is 24.8 Å². The third-order valence-electron chi connectivity index (χ3n) is 0.601. The molecule has 0 atom stereocenters. The molecule has 1 amide bonds. The van der Waals surface area contributed by atoms with Crippen LogP contribution in [0.3, 0.4) is 0 Å². The van der Waals surface area contributed by atoms with Gasteiger partial charge in [0.25, 0.3) is 0 Å². The van der Waals surface area contributed by atoms with Crippen LogP contribution in [0.15, 0.2) is 0 Å². The summed E-state index contributed by atoms with van der Waals surface area (Å²) in [5.41, 5.74) is 0. The monoisotopic (exact) mass is 183 g/mol. The molecular weight excluding hydrogens is 165 g/mol. The van der Waals surface area contributed by atoms with Crippen LogP contribution in [0.25, 0.3) is 0 Å². The van der Waals surface area contributed by atoms with E-state index in [0.717, 1.165) is 0 Å². The van der Waals surface area contributed by atoms with Gasteiger partial charge in [0.2, 0.25) is 0 Å². The zero-order valence-corrected chi connectivity index (χ0v) is 8.37. The van der Waals surface area contributed by atoms with Crippen LogP contribution in [-0.4, -0.2) is 12.5 Å². The van der Waals surface area contributed by atoms with E-state index in [0.29, 0.717) is 13.0 Å². The third kappa shape index (κ3) is 15.7. The van der Waals surface area contributed by atoms with Crippen molar-refractivity contribution in [2.24, 2.45) is 0 Å². The van der Waals surface area contributed by atoms with Crippen molar-refractivity contribution in [3.8, 4) is 0 Å². The largest absolute Gasteiger partial charge is 0.359 e. The van der Waals surface area contributed by atoms with E-state index in [1.54, 1.807) is 0 Å². The van der Waals surface area contributed by atoms with Crippen molar-refractivity contribution >= 4 is 5.91 Å². The summed E-state index contributed by atoms with van der Waals surface area (Å²) in [7, 11) is 0. The second kappa shape index (κ2) is 16.0. The Morgan fingerprint density at radius 1 is 1.60 bits per heavy atom. The third-order valence-corrected chi connectivity index (χ3v) is 0.601. The van der Waals surface area contributed by atoms with Gasteiger partial charge in [-0.05, 0) is 6.92 Å². The Kier molecular flexibility index (Phi) is 26.5. The molecular formula is C7H18NOV-. The first-order valence-electron chi connectivity index (χ1n) is 3.37. The molecule has 0 rings (SSSR count). The Balaban J connectivity index is -0.0000000564. The van der Waals surface area contributed by atoms with Gasteiger partial charge in [-0.2, -0.15) is 0 Å². The molecule has 0 aliphatic heterocycles.